The van der Waals surface area contributed by atoms with Crippen molar-refractivity contribution < 1.29 is 9.21 Å². The van der Waals surface area contributed by atoms with Crippen LogP contribution < -0.4 is 0 Å². The molecule has 0 radical (unpaired) electrons. The number of nitrogens with zero attached hydrogens (tertiary/aromatic N) is 2. The second kappa shape index (κ2) is 5.24. The lowest BCUT2D eigenvalue weighted by atomic mass is 9.78. The predicted octanol–water partition coefficient (Wildman–Crippen LogP) is 3.18. The quantitative estimate of drug-likeness (QED) is 0.795. The molecular formula is C17H20N2O2. The third kappa shape index (κ3) is 2.37. The summed E-state index contributed by atoms with van der Waals surface area (Å²) in [4.78, 5) is 22.1. The van der Waals surface area contributed by atoms with E-state index in [0.717, 1.165) is 30.7 Å². The summed E-state index contributed by atoms with van der Waals surface area (Å²) < 4.78 is 5.50. The molecular weight excluding hydrogens is 264 g/mol. The van der Waals surface area contributed by atoms with Crippen LogP contribution in [0.1, 0.15) is 50.2 Å². The standard InChI is InChI=1S/C17H20N2O2/c20-16-9-11(17-6-3-7-21-17)8-15-12(16)10-18-13-4-1-2-5-14(13)19-15/h3,6-7,10-14H,1-2,4-5,8-9H2/t11-,12?,13+,14+/m1/s1. The van der Waals surface area contributed by atoms with Crippen LogP contribution in [0.5, 0.6) is 0 Å². The van der Waals surface area contributed by atoms with E-state index in [2.05, 4.69) is 4.99 Å². The molecule has 0 saturated heterocycles. The number of aliphatic imine (C=N–C) groups is 2. The number of rotatable bonds is 1. The Morgan fingerprint density at radius 3 is 2.81 bits per heavy atom. The highest BCUT2D eigenvalue weighted by Gasteiger charge is 2.37. The maximum absolute atomic E-state index is 12.5. The number of furan rings is 1. The van der Waals surface area contributed by atoms with Crippen LogP contribution in [0.15, 0.2) is 32.8 Å². The molecule has 110 valence electrons. The van der Waals surface area contributed by atoms with Gasteiger partial charge in [-0.15, -0.1) is 0 Å². The SMILES string of the molecule is O=C1C[C@H](c2ccco2)CC2=N[C@H]3CCCC[C@@H]3N=CC12. The van der Waals surface area contributed by atoms with E-state index < -0.39 is 0 Å². The van der Waals surface area contributed by atoms with Crippen molar-refractivity contribution in [1.82, 2.24) is 0 Å². The number of hydrogen-bond acceptors (Lipinski definition) is 4. The van der Waals surface area contributed by atoms with Crippen molar-refractivity contribution in [3.05, 3.63) is 24.2 Å². The lowest BCUT2D eigenvalue weighted by Crippen LogP contribution is -2.34. The Balaban J connectivity index is 1.65. The van der Waals surface area contributed by atoms with Crippen LogP contribution in [0.25, 0.3) is 0 Å². The van der Waals surface area contributed by atoms with E-state index in [-0.39, 0.29) is 23.7 Å². The number of hydrogen-bond donors (Lipinski definition) is 0. The van der Waals surface area contributed by atoms with Gasteiger partial charge in [-0.05, 0) is 31.4 Å². The molecule has 3 aliphatic rings. The first kappa shape index (κ1) is 13.0. The van der Waals surface area contributed by atoms with Gasteiger partial charge in [-0.25, -0.2) is 0 Å². The molecule has 2 fully saturated rings. The lowest BCUT2D eigenvalue weighted by molar-refractivity contribution is -0.120. The van der Waals surface area contributed by atoms with Crippen molar-refractivity contribution in [2.45, 2.75) is 56.5 Å². The van der Waals surface area contributed by atoms with Gasteiger partial charge in [0.25, 0.3) is 0 Å². The predicted molar refractivity (Wildman–Crippen MR) is 81.2 cm³/mol. The molecule has 0 spiro atoms. The van der Waals surface area contributed by atoms with Crippen molar-refractivity contribution in [3.8, 4) is 0 Å². The Hall–Kier alpha value is -1.71. The minimum Gasteiger partial charge on any atom is -0.469 e. The molecule has 1 unspecified atom stereocenters. The fourth-order valence-electron chi connectivity index (χ4n) is 3.86. The van der Waals surface area contributed by atoms with Crippen LogP contribution >= 0.6 is 0 Å². The summed E-state index contributed by atoms with van der Waals surface area (Å²) >= 11 is 0. The monoisotopic (exact) mass is 284 g/mol. The first-order valence-electron chi connectivity index (χ1n) is 7.97. The summed E-state index contributed by atoms with van der Waals surface area (Å²) in [5, 5.41) is 0. The second-order valence-corrected chi connectivity index (χ2v) is 6.40. The lowest BCUT2D eigenvalue weighted by Gasteiger charge is -2.27. The molecule has 4 heteroatoms. The molecule has 21 heavy (non-hydrogen) atoms. The Morgan fingerprint density at radius 2 is 2.00 bits per heavy atom. The maximum Gasteiger partial charge on any atom is 0.147 e. The molecule has 2 aliphatic carbocycles. The third-order valence-electron chi connectivity index (χ3n) is 5.01. The smallest absolute Gasteiger partial charge is 0.147 e. The molecule has 1 aromatic rings. The van der Waals surface area contributed by atoms with Gasteiger partial charge in [0.15, 0.2) is 0 Å². The average molecular weight is 284 g/mol. The van der Waals surface area contributed by atoms with Crippen molar-refractivity contribution in [3.63, 3.8) is 0 Å². The molecule has 4 atom stereocenters. The highest BCUT2D eigenvalue weighted by molar-refractivity contribution is 6.18. The van der Waals surface area contributed by atoms with E-state index >= 15 is 0 Å². The zero-order valence-corrected chi connectivity index (χ0v) is 12.1. The second-order valence-electron chi connectivity index (χ2n) is 6.40. The van der Waals surface area contributed by atoms with E-state index in [1.165, 1.54) is 12.8 Å². The first-order valence-corrected chi connectivity index (χ1v) is 7.97. The van der Waals surface area contributed by atoms with Crippen LogP contribution in [0.3, 0.4) is 0 Å². The number of carbonyl (C=O) groups is 1. The van der Waals surface area contributed by atoms with Gasteiger partial charge >= 0.3 is 0 Å². The number of Topliss-reactive ketones (excluding diaryl/α,β-unsaturated/α-hetero) is 1. The van der Waals surface area contributed by atoms with Gasteiger partial charge in [-0.3, -0.25) is 14.8 Å². The topological polar surface area (TPSA) is 54.9 Å². The van der Waals surface area contributed by atoms with Gasteiger partial charge in [0.1, 0.15) is 11.5 Å². The summed E-state index contributed by atoms with van der Waals surface area (Å²) in [7, 11) is 0. The molecule has 0 bridgehead atoms. The number of fused-ring (bicyclic) bond motifs is 2. The third-order valence-corrected chi connectivity index (χ3v) is 5.01. The molecule has 2 saturated carbocycles. The summed E-state index contributed by atoms with van der Waals surface area (Å²) in [6, 6.07) is 4.44. The minimum atomic E-state index is -0.179. The molecule has 4 nitrogen and oxygen atoms in total. The zero-order valence-electron chi connectivity index (χ0n) is 12.1. The first-order chi connectivity index (χ1) is 10.3. The van der Waals surface area contributed by atoms with E-state index in [9.17, 15) is 4.79 Å². The summed E-state index contributed by atoms with van der Waals surface area (Å²) in [6.07, 6.45) is 9.62. The normalized spacial score (nSPS) is 35.6. The Bertz CT molecular complexity index is 588. The van der Waals surface area contributed by atoms with E-state index in [0.29, 0.717) is 12.5 Å². The van der Waals surface area contributed by atoms with E-state index in [1.807, 2.05) is 18.3 Å². The molecule has 1 aromatic heterocycles. The Kier molecular flexibility index (Phi) is 3.24. The highest BCUT2D eigenvalue weighted by Crippen LogP contribution is 2.35. The largest absolute Gasteiger partial charge is 0.469 e. The average Bonchev–Trinajstić information content (AvgIpc) is 2.95. The Labute approximate surface area is 124 Å². The minimum absolute atomic E-state index is 0.149. The molecule has 4 rings (SSSR count). The Morgan fingerprint density at radius 1 is 1.14 bits per heavy atom. The molecule has 0 amide bonds. The van der Waals surface area contributed by atoms with Gasteiger partial charge < -0.3 is 4.42 Å². The van der Waals surface area contributed by atoms with E-state index in [1.54, 1.807) is 6.26 Å². The number of ketones is 1. The molecule has 0 N–H and O–H groups in total. The van der Waals surface area contributed by atoms with Crippen LogP contribution in [0, 0.1) is 5.92 Å². The summed E-state index contributed by atoms with van der Waals surface area (Å²) in [6.45, 7) is 0. The van der Waals surface area contributed by atoms with Gasteiger partial charge in [-0.2, -0.15) is 0 Å². The highest BCUT2D eigenvalue weighted by atomic mass is 16.3. The fraction of sp³-hybridized carbons (Fsp3) is 0.588. The van der Waals surface area contributed by atoms with Gasteiger partial charge in [0.05, 0.1) is 24.3 Å². The maximum atomic E-state index is 12.5. The van der Waals surface area contributed by atoms with Crippen LogP contribution in [0.4, 0.5) is 0 Å². The van der Waals surface area contributed by atoms with Crippen LogP contribution in [-0.2, 0) is 4.79 Å². The molecule has 1 aliphatic heterocycles. The summed E-state index contributed by atoms with van der Waals surface area (Å²) in [5.41, 5.74) is 1.03. The molecule has 2 heterocycles. The van der Waals surface area contributed by atoms with Gasteiger partial charge in [-0.1, -0.05) is 12.8 Å². The van der Waals surface area contributed by atoms with Gasteiger partial charge in [0, 0.05) is 24.3 Å². The summed E-state index contributed by atoms with van der Waals surface area (Å²) in [5.74, 6) is 1.12. The molecule has 0 aromatic carbocycles. The van der Waals surface area contributed by atoms with Crippen molar-refractivity contribution in [2.24, 2.45) is 15.9 Å². The van der Waals surface area contributed by atoms with Crippen molar-refractivity contribution in [1.29, 1.82) is 0 Å². The van der Waals surface area contributed by atoms with Crippen molar-refractivity contribution >= 4 is 17.7 Å². The number of carbonyl (C=O) groups excluding carboxylic acids is 1. The van der Waals surface area contributed by atoms with Crippen LogP contribution in [-0.4, -0.2) is 29.8 Å². The van der Waals surface area contributed by atoms with Crippen LogP contribution in [0.2, 0.25) is 0 Å². The van der Waals surface area contributed by atoms with Crippen molar-refractivity contribution in [2.75, 3.05) is 0 Å². The zero-order chi connectivity index (χ0) is 14.2. The van der Waals surface area contributed by atoms with E-state index in [4.69, 9.17) is 9.41 Å². The fourth-order valence-corrected chi connectivity index (χ4v) is 3.86. The van der Waals surface area contributed by atoms with Gasteiger partial charge in [0.2, 0.25) is 0 Å².